The van der Waals surface area contributed by atoms with E-state index >= 15 is 0 Å². The molecule has 1 heterocycles. The molecule has 0 aliphatic heterocycles. The lowest BCUT2D eigenvalue weighted by Gasteiger charge is -2.09. The minimum Gasteiger partial charge on any atom is -0.462 e. The third-order valence-corrected chi connectivity index (χ3v) is 3.53. The number of H-pyrrole nitrogens is 1. The molecule has 0 saturated heterocycles. The Hall–Kier alpha value is -2.10. The molecule has 1 aromatic carbocycles. The number of fused-ring (bicyclic) bond motifs is 3. The summed E-state index contributed by atoms with van der Waals surface area (Å²) in [4.78, 5) is 26.8. The van der Waals surface area contributed by atoms with Crippen molar-refractivity contribution >= 4 is 22.7 Å². The second-order valence-electron chi connectivity index (χ2n) is 4.74. The molecule has 1 N–H and O–H groups in total. The number of benzene rings is 1. The first kappa shape index (κ1) is 12.0. The van der Waals surface area contributed by atoms with Crippen molar-refractivity contribution in [2.24, 2.45) is 0 Å². The van der Waals surface area contributed by atoms with Crippen molar-refractivity contribution in [2.75, 3.05) is 6.61 Å². The minimum atomic E-state index is -0.318. The van der Waals surface area contributed by atoms with Gasteiger partial charge in [0.2, 0.25) is 0 Å². The van der Waals surface area contributed by atoms with Gasteiger partial charge in [0.1, 0.15) is 0 Å². The number of rotatable bonds is 2. The summed E-state index contributed by atoms with van der Waals surface area (Å²) in [5, 5.41) is 0.966. The lowest BCUT2D eigenvalue weighted by molar-refractivity contribution is 0.0526. The molecule has 0 unspecified atom stereocenters. The van der Waals surface area contributed by atoms with Crippen molar-refractivity contribution in [1.82, 2.24) is 4.98 Å². The fourth-order valence-corrected chi connectivity index (χ4v) is 2.64. The van der Waals surface area contributed by atoms with Gasteiger partial charge in [0.15, 0.2) is 5.78 Å². The normalized spacial score (nSPS) is 14.5. The average molecular weight is 257 g/mol. The molecule has 1 aliphatic carbocycles. The highest BCUT2D eigenvalue weighted by Gasteiger charge is 2.22. The van der Waals surface area contributed by atoms with E-state index in [-0.39, 0.29) is 11.8 Å². The number of nitrogens with one attached hydrogen (secondary N) is 1. The predicted molar refractivity (Wildman–Crippen MR) is 71.5 cm³/mol. The van der Waals surface area contributed by atoms with E-state index in [4.69, 9.17) is 4.74 Å². The number of carbonyl (C=O) groups is 2. The summed E-state index contributed by atoms with van der Waals surface area (Å²) in [7, 11) is 0. The van der Waals surface area contributed by atoms with Crippen LogP contribution in [0.1, 0.15) is 46.2 Å². The van der Waals surface area contributed by atoms with Crippen LogP contribution in [0.3, 0.4) is 0 Å². The lowest BCUT2D eigenvalue weighted by Crippen LogP contribution is -2.09. The predicted octanol–water partition coefficient (Wildman–Crippen LogP) is 2.86. The summed E-state index contributed by atoms with van der Waals surface area (Å²) in [6.07, 6.45) is 2.36. The Kier molecular flexibility index (Phi) is 2.85. The summed E-state index contributed by atoms with van der Waals surface area (Å²) in [6, 6.07) is 5.39. The zero-order valence-electron chi connectivity index (χ0n) is 10.8. The maximum atomic E-state index is 11.9. The van der Waals surface area contributed by atoms with Crippen molar-refractivity contribution in [3.63, 3.8) is 0 Å². The van der Waals surface area contributed by atoms with Crippen LogP contribution in [0.15, 0.2) is 18.2 Å². The van der Waals surface area contributed by atoms with Crippen molar-refractivity contribution in [3.8, 4) is 0 Å². The van der Waals surface area contributed by atoms with Gasteiger partial charge in [0, 0.05) is 17.3 Å². The highest BCUT2D eigenvalue weighted by Crippen LogP contribution is 2.29. The van der Waals surface area contributed by atoms with Crippen LogP contribution in [0.2, 0.25) is 0 Å². The second-order valence-corrected chi connectivity index (χ2v) is 4.74. The molecule has 0 atom stereocenters. The smallest absolute Gasteiger partial charge is 0.338 e. The molecular weight excluding hydrogens is 242 g/mol. The zero-order chi connectivity index (χ0) is 13.4. The van der Waals surface area contributed by atoms with Crippen LogP contribution in [0.4, 0.5) is 0 Å². The summed E-state index contributed by atoms with van der Waals surface area (Å²) in [6.45, 7) is 2.15. The Morgan fingerprint density at radius 1 is 1.37 bits per heavy atom. The van der Waals surface area contributed by atoms with Gasteiger partial charge in [-0.3, -0.25) is 4.79 Å². The van der Waals surface area contributed by atoms with E-state index in [1.54, 1.807) is 13.0 Å². The topological polar surface area (TPSA) is 59.2 Å². The number of aryl methyl sites for hydroxylation is 1. The third kappa shape index (κ3) is 1.93. The van der Waals surface area contributed by atoms with Crippen LogP contribution in [0.5, 0.6) is 0 Å². The second kappa shape index (κ2) is 4.53. The number of aromatic nitrogens is 1. The van der Waals surface area contributed by atoms with E-state index in [0.717, 1.165) is 29.3 Å². The molecule has 19 heavy (non-hydrogen) atoms. The van der Waals surface area contributed by atoms with Crippen LogP contribution in [0.25, 0.3) is 10.9 Å². The first-order valence-corrected chi connectivity index (χ1v) is 6.55. The Morgan fingerprint density at radius 2 is 2.21 bits per heavy atom. The summed E-state index contributed by atoms with van der Waals surface area (Å²) in [5.41, 5.74) is 3.20. The molecule has 3 rings (SSSR count). The Labute approximate surface area is 110 Å². The number of aromatic amines is 1. The molecule has 1 aliphatic rings. The first-order valence-electron chi connectivity index (χ1n) is 6.55. The van der Waals surface area contributed by atoms with Crippen molar-refractivity contribution in [3.05, 3.63) is 35.0 Å². The Morgan fingerprint density at radius 3 is 3.00 bits per heavy atom. The standard InChI is InChI=1S/C15H15NO3/c1-2-19-15(18)9-6-7-12-11(8-9)10-4-3-5-13(17)14(10)16-12/h6-8,16H,2-5H2,1H3. The van der Waals surface area contributed by atoms with Gasteiger partial charge < -0.3 is 9.72 Å². The lowest BCUT2D eigenvalue weighted by atomic mass is 9.94. The summed E-state index contributed by atoms with van der Waals surface area (Å²) in [5.74, 6) is -0.156. The molecule has 98 valence electrons. The van der Waals surface area contributed by atoms with Gasteiger partial charge >= 0.3 is 5.97 Å². The first-order chi connectivity index (χ1) is 9.20. The number of esters is 1. The van der Waals surface area contributed by atoms with Crippen LogP contribution in [0, 0.1) is 0 Å². The van der Waals surface area contributed by atoms with Gasteiger partial charge in [-0.2, -0.15) is 0 Å². The van der Waals surface area contributed by atoms with Crippen molar-refractivity contribution < 1.29 is 14.3 Å². The van der Waals surface area contributed by atoms with E-state index < -0.39 is 0 Å². The molecular formula is C15H15NO3. The van der Waals surface area contributed by atoms with Gasteiger partial charge in [-0.1, -0.05) is 0 Å². The number of Topliss-reactive ketones (excluding diaryl/α,β-unsaturated/α-hetero) is 1. The van der Waals surface area contributed by atoms with Gasteiger partial charge in [-0.05, 0) is 43.5 Å². The van der Waals surface area contributed by atoms with Gasteiger partial charge in [0.25, 0.3) is 0 Å². The highest BCUT2D eigenvalue weighted by molar-refractivity contribution is 6.04. The molecule has 0 fully saturated rings. The molecule has 0 spiro atoms. The number of hydrogen-bond acceptors (Lipinski definition) is 3. The molecule has 4 heteroatoms. The van der Waals surface area contributed by atoms with Gasteiger partial charge in [-0.15, -0.1) is 0 Å². The number of hydrogen-bond donors (Lipinski definition) is 1. The molecule has 0 radical (unpaired) electrons. The molecule has 0 saturated carbocycles. The Bertz CT molecular complexity index is 669. The van der Waals surface area contributed by atoms with Crippen LogP contribution in [-0.2, 0) is 11.2 Å². The van der Waals surface area contributed by atoms with Crippen LogP contribution < -0.4 is 0 Å². The van der Waals surface area contributed by atoms with Crippen molar-refractivity contribution in [2.45, 2.75) is 26.2 Å². The maximum Gasteiger partial charge on any atom is 0.338 e. The number of ketones is 1. The summed E-state index contributed by atoms with van der Waals surface area (Å²) < 4.78 is 5.00. The highest BCUT2D eigenvalue weighted by atomic mass is 16.5. The van der Waals surface area contributed by atoms with E-state index in [9.17, 15) is 9.59 Å². The van der Waals surface area contributed by atoms with E-state index in [1.165, 1.54) is 0 Å². The fourth-order valence-electron chi connectivity index (χ4n) is 2.64. The van der Waals surface area contributed by atoms with E-state index in [2.05, 4.69) is 4.98 Å². The fraction of sp³-hybridized carbons (Fsp3) is 0.333. The number of ether oxygens (including phenoxy) is 1. The maximum absolute atomic E-state index is 11.9. The molecule has 1 aromatic heterocycles. The van der Waals surface area contributed by atoms with Gasteiger partial charge in [0.05, 0.1) is 17.9 Å². The van der Waals surface area contributed by atoms with E-state index in [1.807, 2.05) is 12.1 Å². The largest absolute Gasteiger partial charge is 0.462 e. The summed E-state index contributed by atoms with van der Waals surface area (Å²) >= 11 is 0. The SMILES string of the molecule is CCOC(=O)c1ccc2[nH]c3c(c2c1)CCCC3=O. The van der Waals surface area contributed by atoms with E-state index in [0.29, 0.717) is 24.3 Å². The molecule has 2 aromatic rings. The third-order valence-electron chi connectivity index (χ3n) is 3.53. The average Bonchev–Trinajstić information content (AvgIpc) is 2.78. The quantitative estimate of drug-likeness (QED) is 0.841. The number of carbonyl (C=O) groups excluding carboxylic acids is 2. The molecule has 0 amide bonds. The van der Waals surface area contributed by atoms with Crippen molar-refractivity contribution in [1.29, 1.82) is 0 Å². The van der Waals surface area contributed by atoms with Gasteiger partial charge in [-0.25, -0.2) is 4.79 Å². The Balaban J connectivity index is 2.12. The molecule has 0 bridgehead atoms. The van der Waals surface area contributed by atoms with Crippen LogP contribution in [-0.4, -0.2) is 23.3 Å². The van der Waals surface area contributed by atoms with Crippen LogP contribution >= 0.6 is 0 Å². The molecule has 4 nitrogen and oxygen atoms in total. The minimum absolute atomic E-state index is 0.162. The zero-order valence-corrected chi connectivity index (χ0v) is 10.8. The monoisotopic (exact) mass is 257 g/mol.